The van der Waals surface area contributed by atoms with Crippen LogP contribution in [-0.2, 0) is 6.54 Å². The number of aromatic amines is 1. The second kappa shape index (κ2) is 7.80. The van der Waals surface area contributed by atoms with E-state index in [9.17, 15) is 14.4 Å². The molecule has 1 aliphatic carbocycles. The molecule has 0 radical (unpaired) electrons. The fourth-order valence-corrected chi connectivity index (χ4v) is 3.54. The molecule has 3 aromatic heterocycles. The number of ether oxygens (including phenoxy) is 1. The first-order valence-electron chi connectivity index (χ1n) is 10.2. The van der Waals surface area contributed by atoms with Gasteiger partial charge in [0.25, 0.3) is 11.5 Å². The third kappa shape index (κ3) is 3.66. The van der Waals surface area contributed by atoms with E-state index in [-0.39, 0.29) is 29.4 Å². The molecule has 10 nitrogen and oxygen atoms in total. The Morgan fingerprint density at radius 1 is 1.22 bits per heavy atom. The van der Waals surface area contributed by atoms with Crippen molar-refractivity contribution in [2.24, 2.45) is 0 Å². The number of carbonyl (C=O) groups excluding carboxylic acids is 1. The predicted octanol–water partition coefficient (Wildman–Crippen LogP) is 1.54. The lowest BCUT2D eigenvalue weighted by atomic mass is 10.2. The first-order valence-corrected chi connectivity index (χ1v) is 10.2. The Bertz CT molecular complexity index is 1430. The number of nitrogens with zero attached hydrogens (tertiary/aromatic N) is 4. The predicted molar refractivity (Wildman–Crippen MR) is 116 cm³/mol. The van der Waals surface area contributed by atoms with Crippen LogP contribution in [0.25, 0.3) is 16.7 Å². The Kier molecular flexibility index (Phi) is 4.81. The second-order valence-electron chi connectivity index (χ2n) is 7.59. The molecule has 0 aliphatic heterocycles. The van der Waals surface area contributed by atoms with E-state index >= 15 is 0 Å². The summed E-state index contributed by atoms with van der Waals surface area (Å²) in [6.45, 7) is 0.206. The summed E-state index contributed by atoms with van der Waals surface area (Å²) in [5.74, 6) is 0.368. The van der Waals surface area contributed by atoms with Crippen LogP contribution in [0.5, 0.6) is 5.75 Å². The number of H-pyrrole nitrogens is 1. The van der Waals surface area contributed by atoms with E-state index in [1.54, 1.807) is 18.0 Å². The third-order valence-corrected chi connectivity index (χ3v) is 5.36. The van der Waals surface area contributed by atoms with Gasteiger partial charge in [0, 0.05) is 18.4 Å². The summed E-state index contributed by atoms with van der Waals surface area (Å²) in [7, 11) is 1.61. The number of aromatic nitrogens is 5. The largest absolute Gasteiger partial charge is 0.497 e. The van der Waals surface area contributed by atoms with Gasteiger partial charge in [-0.2, -0.15) is 5.10 Å². The van der Waals surface area contributed by atoms with E-state index in [0.29, 0.717) is 11.3 Å². The summed E-state index contributed by atoms with van der Waals surface area (Å²) in [6.07, 6.45) is 4.92. The number of rotatable bonds is 6. The van der Waals surface area contributed by atoms with Gasteiger partial charge >= 0.3 is 5.69 Å². The molecule has 0 saturated heterocycles. The lowest BCUT2D eigenvalue weighted by Crippen LogP contribution is -2.31. The SMILES string of the molecule is COc1ccc(-n2ccc(CNC(=O)c3cnc4c(c3)c(=O)[nH]c(=O)n4C3CC3)n2)cc1. The fourth-order valence-electron chi connectivity index (χ4n) is 3.54. The Hall–Kier alpha value is -4.21. The fraction of sp³-hybridized carbons (Fsp3) is 0.227. The van der Waals surface area contributed by atoms with E-state index in [1.807, 2.05) is 30.3 Å². The molecule has 5 rings (SSSR count). The van der Waals surface area contributed by atoms with Crippen molar-refractivity contribution in [3.8, 4) is 11.4 Å². The molecule has 0 atom stereocenters. The summed E-state index contributed by atoms with van der Waals surface area (Å²) in [5.41, 5.74) is 1.05. The van der Waals surface area contributed by atoms with E-state index in [0.717, 1.165) is 24.3 Å². The first-order chi connectivity index (χ1) is 15.5. The molecule has 10 heteroatoms. The Balaban J connectivity index is 1.33. The maximum Gasteiger partial charge on any atom is 0.330 e. The molecule has 4 aromatic rings. The van der Waals surface area contributed by atoms with Crippen molar-refractivity contribution in [3.05, 3.63) is 80.9 Å². The molecule has 162 valence electrons. The van der Waals surface area contributed by atoms with Crippen molar-refractivity contribution in [2.75, 3.05) is 7.11 Å². The van der Waals surface area contributed by atoms with Crippen molar-refractivity contribution < 1.29 is 9.53 Å². The van der Waals surface area contributed by atoms with Crippen LogP contribution >= 0.6 is 0 Å². The molecule has 1 saturated carbocycles. The molecular formula is C22H20N6O4. The molecule has 0 unspecified atom stereocenters. The lowest BCUT2D eigenvalue weighted by molar-refractivity contribution is 0.0950. The molecule has 1 aromatic carbocycles. The number of fused-ring (bicyclic) bond motifs is 1. The van der Waals surface area contributed by atoms with Crippen molar-refractivity contribution >= 4 is 16.9 Å². The molecular weight excluding hydrogens is 412 g/mol. The van der Waals surface area contributed by atoms with Crippen molar-refractivity contribution in [2.45, 2.75) is 25.4 Å². The smallest absolute Gasteiger partial charge is 0.330 e. The molecule has 0 spiro atoms. The van der Waals surface area contributed by atoms with Crippen LogP contribution in [0.4, 0.5) is 0 Å². The molecule has 3 heterocycles. The van der Waals surface area contributed by atoms with E-state index < -0.39 is 11.2 Å². The van der Waals surface area contributed by atoms with Crippen LogP contribution in [-0.4, -0.2) is 37.3 Å². The summed E-state index contributed by atoms with van der Waals surface area (Å²) in [5, 5.41) is 7.47. The number of methoxy groups -OCH3 is 1. The van der Waals surface area contributed by atoms with Gasteiger partial charge < -0.3 is 10.1 Å². The third-order valence-electron chi connectivity index (χ3n) is 5.36. The minimum atomic E-state index is -0.553. The van der Waals surface area contributed by atoms with Gasteiger partial charge in [0.15, 0.2) is 0 Å². The number of pyridine rings is 1. The Morgan fingerprint density at radius 3 is 2.72 bits per heavy atom. The topological polar surface area (TPSA) is 124 Å². The van der Waals surface area contributed by atoms with Gasteiger partial charge in [-0.25, -0.2) is 14.5 Å². The van der Waals surface area contributed by atoms with Crippen molar-refractivity contribution in [3.63, 3.8) is 0 Å². The quantitative estimate of drug-likeness (QED) is 0.476. The minimum absolute atomic E-state index is 0.0508. The van der Waals surface area contributed by atoms with Gasteiger partial charge in [-0.05, 0) is 49.2 Å². The number of benzene rings is 1. The highest BCUT2D eigenvalue weighted by atomic mass is 16.5. The van der Waals surface area contributed by atoms with Gasteiger partial charge in [0.05, 0.1) is 36.0 Å². The highest BCUT2D eigenvalue weighted by Crippen LogP contribution is 2.34. The highest BCUT2D eigenvalue weighted by molar-refractivity contribution is 5.96. The summed E-state index contributed by atoms with van der Waals surface area (Å²) >= 11 is 0. The Labute approximate surface area is 181 Å². The molecule has 2 N–H and O–H groups in total. The zero-order valence-corrected chi connectivity index (χ0v) is 17.2. The first kappa shape index (κ1) is 19.7. The summed E-state index contributed by atoms with van der Waals surface area (Å²) < 4.78 is 8.35. The monoisotopic (exact) mass is 432 g/mol. The van der Waals surface area contributed by atoms with Crippen molar-refractivity contribution in [1.29, 1.82) is 0 Å². The molecule has 0 bridgehead atoms. The number of hydrogen-bond acceptors (Lipinski definition) is 6. The summed E-state index contributed by atoms with van der Waals surface area (Å²) in [6, 6.07) is 10.8. The molecule has 1 fully saturated rings. The van der Waals surface area contributed by atoms with Gasteiger partial charge in [0.1, 0.15) is 11.4 Å². The number of amides is 1. The van der Waals surface area contributed by atoms with Gasteiger partial charge in [0.2, 0.25) is 0 Å². The number of hydrogen-bond donors (Lipinski definition) is 2. The zero-order valence-electron chi connectivity index (χ0n) is 17.2. The average Bonchev–Trinajstić information content (AvgIpc) is 3.53. The van der Waals surface area contributed by atoms with Gasteiger partial charge in [-0.1, -0.05) is 0 Å². The van der Waals surface area contributed by atoms with Gasteiger partial charge in [-0.15, -0.1) is 0 Å². The van der Waals surface area contributed by atoms with Crippen LogP contribution in [0.1, 0.15) is 34.9 Å². The molecule has 1 aliphatic rings. The van der Waals surface area contributed by atoms with E-state index in [4.69, 9.17) is 4.74 Å². The van der Waals surface area contributed by atoms with Crippen LogP contribution in [0, 0.1) is 0 Å². The molecule has 32 heavy (non-hydrogen) atoms. The standard InChI is InChI=1S/C22H20N6O4/c1-32-17-6-4-15(5-7-17)27-9-8-14(26-27)12-24-20(29)13-10-18-19(23-11-13)28(16-2-3-16)22(31)25-21(18)30/h4-11,16H,2-3,12H2,1H3,(H,24,29)(H,25,30,31). The normalized spacial score (nSPS) is 13.3. The Morgan fingerprint density at radius 2 is 2.00 bits per heavy atom. The van der Waals surface area contributed by atoms with Crippen molar-refractivity contribution in [1.82, 2.24) is 29.6 Å². The maximum atomic E-state index is 12.6. The number of nitrogens with one attached hydrogen (secondary N) is 2. The van der Waals surface area contributed by atoms with E-state index in [2.05, 4.69) is 20.4 Å². The minimum Gasteiger partial charge on any atom is -0.497 e. The summed E-state index contributed by atoms with van der Waals surface area (Å²) in [4.78, 5) is 43.6. The van der Waals surface area contributed by atoms with E-state index in [1.165, 1.54) is 16.8 Å². The molecule has 1 amide bonds. The van der Waals surface area contributed by atoms with Crippen LogP contribution in [0.15, 0.2) is 58.4 Å². The zero-order chi connectivity index (χ0) is 22.2. The van der Waals surface area contributed by atoms with Crippen LogP contribution in [0.2, 0.25) is 0 Å². The lowest BCUT2D eigenvalue weighted by Gasteiger charge is -2.08. The second-order valence-corrected chi connectivity index (χ2v) is 7.59. The van der Waals surface area contributed by atoms with Crippen LogP contribution < -0.4 is 21.3 Å². The average molecular weight is 432 g/mol. The van der Waals surface area contributed by atoms with Crippen LogP contribution in [0.3, 0.4) is 0 Å². The maximum absolute atomic E-state index is 12.6. The number of carbonyl (C=O) groups is 1. The highest BCUT2D eigenvalue weighted by Gasteiger charge is 2.27. The van der Waals surface area contributed by atoms with Gasteiger partial charge in [-0.3, -0.25) is 19.1 Å².